The topological polar surface area (TPSA) is 43.1 Å². The lowest BCUT2D eigenvalue weighted by Gasteiger charge is -2.00. The van der Waals surface area contributed by atoms with Crippen molar-refractivity contribution >= 4 is 0 Å². The summed E-state index contributed by atoms with van der Waals surface area (Å²) in [6.45, 7) is 2.98. The third-order valence-electron chi connectivity index (χ3n) is 1.50. The fourth-order valence-electron chi connectivity index (χ4n) is 0.909. The number of rotatable bonds is 2. The average molecular weight is 168 g/mol. The first-order valence-electron chi connectivity index (χ1n) is 3.32. The van der Waals surface area contributed by atoms with Gasteiger partial charge < -0.3 is 0 Å². The number of hydrogen-bond donors (Lipinski definition) is 0. The summed E-state index contributed by atoms with van der Waals surface area (Å²) in [6, 6.07) is 4.20. The molecular formula is C8H7FNO2. The van der Waals surface area contributed by atoms with E-state index in [1.165, 1.54) is 12.1 Å². The standard InChI is InChI=1S/C8H7FNO2/c1-6-3-2-4-8(9)7(6)5-10(11)12/h2-4H,1,5H2. The summed E-state index contributed by atoms with van der Waals surface area (Å²) >= 11 is 0. The van der Waals surface area contributed by atoms with Crippen molar-refractivity contribution in [1.82, 2.24) is 0 Å². The highest BCUT2D eigenvalue weighted by Gasteiger charge is 2.10. The van der Waals surface area contributed by atoms with Gasteiger partial charge in [-0.25, -0.2) is 4.39 Å². The van der Waals surface area contributed by atoms with Gasteiger partial charge in [0.05, 0.1) is 5.56 Å². The summed E-state index contributed by atoms with van der Waals surface area (Å²) in [4.78, 5) is 9.51. The monoisotopic (exact) mass is 168 g/mol. The molecule has 63 valence electrons. The molecule has 0 unspecified atom stereocenters. The van der Waals surface area contributed by atoms with Crippen molar-refractivity contribution in [3.05, 3.63) is 52.2 Å². The van der Waals surface area contributed by atoms with Gasteiger partial charge in [0.1, 0.15) is 5.82 Å². The molecule has 0 saturated carbocycles. The fraction of sp³-hybridized carbons (Fsp3) is 0.125. The molecule has 0 amide bonds. The van der Waals surface area contributed by atoms with Crippen LogP contribution in [0.1, 0.15) is 11.1 Å². The van der Waals surface area contributed by atoms with Gasteiger partial charge in [0.15, 0.2) is 0 Å². The van der Waals surface area contributed by atoms with Gasteiger partial charge in [-0.2, -0.15) is 0 Å². The molecule has 0 aliphatic rings. The summed E-state index contributed by atoms with van der Waals surface area (Å²) in [6.07, 6.45) is 0. The summed E-state index contributed by atoms with van der Waals surface area (Å²) in [5.41, 5.74) is 0.425. The molecule has 1 aromatic carbocycles. The Morgan fingerprint density at radius 1 is 1.58 bits per heavy atom. The van der Waals surface area contributed by atoms with Gasteiger partial charge in [-0.1, -0.05) is 12.1 Å². The van der Waals surface area contributed by atoms with Crippen molar-refractivity contribution in [2.75, 3.05) is 0 Å². The number of benzene rings is 1. The summed E-state index contributed by atoms with van der Waals surface area (Å²) < 4.78 is 12.9. The molecule has 0 fully saturated rings. The van der Waals surface area contributed by atoms with Crippen LogP contribution < -0.4 is 0 Å². The summed E-state index contributed by atoms with van der Waals surface area (Å²) in [7, 11) is 0. The SMILES string of the molecule is [CH2]c1cccc(F)c1C[N+](=O)[O-]. The van der Waals surface area contributed by atoms with Crippen LogP contribution in [-0.2, 0) is 6.54 Å². The lowest BCUT2D eigenvalue weighted by atomic mass is 10.1. The van der Waals surface area contributed by atoms with Crippen LogP contribution >= 0.6 is 0 Å². The molecule has 0 aliphatic carbocycles. The van der Waals surface area contributed by atoms with E-state index in [2.05, 4.69) is 6.92 Å². The molecule has 1 rings (SSSR count). The number of halogens is 1. The van der Waals surface area contributed by atoms with E-state index >= 15 is 0 Å². The van der Waals surface area contributed by atoms with Crippen molar-refractivity contribution in [1.29, 1.82) is 0 Å². The van der Waals surface area contributed by atoms with Gasteiger partial charge in [0.2, 0.25) is 6.54 Å². The number of nitro groups is 1. The largest absolute Gasteiger partial charge is 0.264 e. The lowest BCUT2D eigenvalue weighted by Crippen LogP contribution is -2.02. The second-order valence-electron chi connectivity index (χ2n) is 2.37. The first-order chi connectivity index (χ1) is 5.61. The summed E-state index contributed by atoms with van der Waals surface area (Å²) in [5, 5.41) is 10.1. The average Bonchev–Trinajstić information content (AvgIpc) is 1.97. The first-order valence-corrected chi connectivity index (χ1v) is 3.32. The Labute approximate surface area is 69.0 Å². The van der Waals surface area contributed by atoms with E-state index in [0.29, 0.717) is 5.56 Å². The Kier molecular flexibility index (Phi) is 2.38. The predicted molar refractivity (Wildman–Crippen MR) is 41.6 cm³/mol. The zero-order valence-corrected chi connectivity index (χ0v) is 6.29. The molecule has 1 radical (unpaired) electrons. The van der Waals surface area contributed by atoms with Crippen LogP contribution in [0, 0.1) is 22.9 Å². The van der Waals surface area contributed by atoms with Crippen molar-refractivity contribution in [3.8, 4) is 0 Å². The molecule has 0 aliphatic heterocycles. The maximum Gasteiger partial charge on any atom is 0.232 e. The molecule has 0 atom stereocenters. The van der Waals surface area contributed by atoms with Crippen molar-refractivity contribution in [3.63, 3.8) is 0 Å². The quantitative estimate of drug-likeness (QED) is 0.499. The maximum absolute atomic E-state index is 12.9. The van der Waals surface area contributed by atoms with Crippen LogP contribution in [0.5, 0.6) is 0 Å². The normalized spacial score (nSPS) is 9.83. The van der Waals surface area contributed by atoms with Gasteiger partial charge in [-0.3, -0.25) is 10.1 Å². The minimum atomic E-state index is -0.576. The van der Waals surface area contributed by atoms with Crippen molar-refractivity contribution in [2.24, 2.45) is 0 Å². The molecule has 3 nitrogen and oxygen atoms in total. The highest BCUT2D eigenvalue weighted by molar-refractivity contribution is 5.29. The van der Waals surface area contributed by atoms with E-state index in [0.717, 1.165) is 0 Å². The van der Waals surface area contributed by atoms with Gasteiger partial charge in [-0.05, 0) is 18.6 Å². The number of hydrogen-bond acceptors (Lipinski definition) is 2. The van der Waals surface area contributed by atoms with E-state index in [-0.39, 0.29) is 5.56 Å². The van der Waals surface area contributed by atoms with Gasteiger partial charge in [0, 0.05) is 4.92 Å². The van der Waals surface area contributed by atoms with Gasteiger partial charge in [-0.15, -0.1) is 0 Å². The van der Waals surface area contributed by atoms with E-state index in [9.17, 15) is 14.5 Å². The Morgan fingerprint density at radius 3 is 2.75 bits per heavy atom. The number of nitrogens with zero attached hydrogens (tertiary/aromatic N) is 1. The predicted octanol–water partition coefficient (Wildman–Crippen LogP) is 1.78. The molecule has 0 heterocycles. The third kappa shape index (κ3) is 1.78. The van der Waals surface area contributed by atoms with E-state index in [4.69, 9.17) is 0 Å². The molecule has 4 heteroatoms. The smallest absolute Gasteiger partial charge is 0.232 e. The van der Waals surface area contributed by atoms with Crippen molar-refractivity contribution in [2.45, 2.75) is 6.54 Å². The fourth-order valence-corrected chi connectivity index (χ4v) is 0.909. The molecule has 0 aromatic heterocycles. The van der Waals surface area contributed by atoms with E-state index in [1.54, 1.807) is 6.07 Å². The molecule has 1 aromatic rings. The van der Waals surface area contributed by atoms with Gasteiger partial charge in [0.25, 0.3) is 0 Å². The van der Waals surface area contributed by atoms with Crippen molar-refractivity contribution < 1.29 is 9.31 Å². The third-order valence-corrected chi connectivity index (χ3v) is 1.50. The maximum atomic E-state index is 12.9. The van der Waals surface area contributed by atoms with Crippen LogP contribution in [0.4, 0.5) is 4.39 Å². The van der Waals surface area contributed by atoms with E-state index in [1.807, 2.05) is 0 Å². The molecule has 0 N–H and O–H groups in total. The molecule has 0 bridgehead atoms. The molecular weight excluding hydrogens is 161 g/mol. The Hall–Kier alpha value is -1.45. The minimum absolute atomic E-state index is 0.0579. The Balaban J connectivity index is 3.04. The van der Waals surface area contributed by atoms with E-state index < -0.39 is 17.3 Å². The zero-order chi connectivity index (χ0) is 9.14. The van der Waals surface area contributed by atoms with Crippen LogP contribution in [0.25, 0.3) is 0 Å². The van der Waals surface area contributed by atoms with Crippen LogP contribution in [0.2, 0.25) is 0 Å². The molecule has 0 saturated heterocycles. The van der Waals surface area contributed by atoms with Crippen LogP contribution in [0.15, 0.2) is 18.2 Å². The molecule has 12 heavy (non-hydrogen) atoms. The second-order valence-corrected chi connectivity index (χ2v) is 2.37. The van der Waals surface area contributed by atoms with Crippen LogP contribution in [-0.4, -0.2) is 4.92 Å². The molecule has 0 spiro atoms. The van der Waals surface area contributed by atoms with Crippen LogP contribution in [0.3, 0.4) is 0 Å². The highest BCUT2D eigenvalue weighted by Crippen LogP contribution is 2.12. The Bertz CT molecular complexity index is 292. The first kappa shape index (κ1) is 8.64. The lowest BCUT2D eigenvalue weighted by molar-refractivity contribution is -0.497. The Morgan fingerprint density at radius 2 is 2.25 bits per heavy atom. The van der Waals surface area contributed by atoms with Gasteiger partial charge >= 0.3 is 0 Å². The highest BCUT2D eigenvalue weighted by atomic mass is 19.1. The second kappa shape index (κ2) is 3.30. The zero-order valence-electron chi connectivity index (χ0n) is 6.29. The minimum Gasteiger partial charge on any atom is -0.264 e. The summed E-state index contributed by atoms with van der Waals surface area (Å²) in [5.74, 6) is -0.570.